The molecule has 3 N–H and O–H groups in total. The van der Waals surface area contributed by atoms with E-state index < -0.39 is 17.1 Å². The van der Waals surface area contributed by atoms with Crippen molar-refractivity contribution < 1.29 is 19.1 Å². The first-order valence-electron chi connectivity index (χ1n) is 15.4. The van der Waals surface area contributed by atoms with Crippen molar-refractivity contribution in [2.24, 2.45) is 0 Å². The third-order valence-electron chi connectivity index (χ3n) is 7.55. The number of ether oxygens (including phenoxy) is 1. The number of carbonyl (C=O) groups excluding carboxylic acids is 3. The molecule has 6 aromatic rings. The number of hydrogen-bond acceptors (Lipinski definition) is 7. The average molecular weight is 685 g/mol. The van der Waals surface area contributed by atoms with Crippen molar-refractivity contribution in [3.8, 4) is 17.0 Å². The highest BCUT2D eigenvalue weighted by molar-refractivity contribution is 8.00. The number of thiazole rings is 1. The van der Waals surface area contributed by atoms with Crippen LogP contribution in [-0.4, -0.2) is 35.1 Å². The van der Waals surface area contributed by atoms with E-state index in [1.54, 1.807) is 49.6 Å². The highest BCUT2D eigenvalue weighted by Crippen LogP contribution is 2.30. The number of nitrogens with zero attached hydrogens (tertiary/aromatic N) is 1. The molecule has 6 rings (SSSR count). The molecule has 5 aromatic carbocycles. The van der Waals surface area contributed by atoms with Crippen molar-refractivity contribution in [3.05, 3.63) is 144 Å². The maximum atomic E-state index is 13.6. The standard InChI is InChI=1S/C39H32N4O4S2/c1-25(36(44)43-39-42-35(24-48-39)29-15-9-16-31(22-29)47-2)49-32-20-18-30(19-21-32)40-38(46)34(41-37(45)27-11-4-3-5-12-27)23-28-14-8-13-26-10-6-7-17-33(26)28/h3-25H,1-2H3,(H,40,46)(H,41,45)(H,42,43,44)/b34-23-. The number of benzene rings is 5. The van der Waals surface area contributed by atoms with E-state index in [2.05, 4.69) is 20.9 Å². The molecular weight excluding hydrogens is 653 g/mol. The minimum atomic E-state index is -0.470. The lowest BCUT2D eigenvalue weighted by molar-refractivity contribution is -0.115. The lowest BCUT2D eigenvalue weighted by atomic mass is 10.0. The quantitative estimate of drug-likeness (QED) is 0.0933. The largest absolute Gasteiger partial charge is 0.497 e. The molecule has 0 aliphatic heterocycles. The maximum Gasteiger partial charge on any atom is 0.272 e. The first-order valence-corrected chi connectivity index (χ1v) is 17.2. The summed E-state index contributed by atoms with van der Waals surface area (Å²) in [4.78, 5) is 45.1. The SMILES string of the molecule is COc1cccc(-c2csc(NC(=O)C(C)Sc3ccc(NC(=O)/C(=C/c4cccc5ccccc45)NC(=O)c4ccccc4)cc3)n2)c1. The molecule has 49 heavy (non-hydrogen) atoms. The highest BCUT2D eigenvalue weighted by Gasteiger charge is 2.18. The fourth-order valence-electron chi connectivity index (χ4n) is 5.00. The Labute approximate surface area is 292 Å². The topological polar surface area (TPSA) is 109 Å². The fraction of sp³-hybridized carbons (Fsp3) is 0.0769. The molecule has 1 unspecified atom stereocenters. The molecule has 10 heteroatoms. The van der Waals surface area contributed by atoms with Gasteiger partial charge in [-0.1, -0.05) is 72.8 Å². The first kappa shape index (κ1) is 33.2. The van der Waals surface area contributed by atoms with Gasteiger partial charge in [0.05, 0.1) is 18.1 Å². The van der Waals surface area contributed by atoms with Crippen molar-refractivity contribution in [2.45, 2.75) is 17.1 Å². The maximum absolute atomic E-state index is 13.6. The molecule has 0 fully saturated rings. The molecule has 3 amide bonds. The number of nitrogens with one attached hydrogen (secondary N) is 3. The van der Waals surface area contributed by atoms with E-state index in [4.69, 9.17) is 4.74 Å². The van der Waals surface area contributed by atoms with Gasteiger partial charge in [0.15, 0.2) is 5.13 Å². The second-order valence-corrected chi connectivity index (χ2v) is 13.2. The summed E-state index contributed by atoms with van der Waals surface area (Å²) in [6, 6.07) is 37.2. The van der Waals surface area contributed by atoms with Gasteiger partial charge in [-0.05, 0) is 77.9 Å². The molecule has 0 aliphatic carbocycles. The Morgan fingerprint density at radius 1 is 0.837 bits per heavy atom. The minimum Gasteiger partial charge on any atom is -0.497 e. The van der Waals surface area contributed by atoms with Gasteiger partial charge in [0, 0.05) is 27.1 Å². The Balaban J connectivity index is 1.12. The zero-order valence-electron chi connectivity index (χ0n) is 26.7. The number of fused-ring (bicyclic) bond motifs is 1. The van der Waals surface area contributed by atoms with Gasteiger partial charge in [-0.3, -0.25) is 14.4 Å². The molecule has 244 valence electrons. The van der Waals surface area contributed by atoms with Gasteiger partial charge in [-0.2, -0.15) is 0 Å². The fourth-order valence-corrected chi connectivity index (χ4v) is 6.59. The zero-order chi connectivity index (χ0) is 34.2. The van der Waals surface area contributed by atoms with Crippen molar-refractivity contribution in [2.75, 3.05) is 17.7 Å². The number of carbonyl (C=O) groups is 3. The molecule has 1 heterocycles. The molecule has 0 bridgehead atoms. The van der Waals surface area contributed by atoms with E-state index in [1.165, 1.54) is 23.1 Å². The van der Waals surface area contributed by atoms with Crippen LogP contribution >= 0.6 is 23.1 Å². The van der Waals surface area contributed by atoms with E-state index in [0.29, 0.717) is 16.4 Å². The van der Waals surface area contributed by atoms with Crippen LogP contribution in [0.2, 0.25) is 0 Å². The second-order valence-electron chi connectivity index (χ2n) is 10.9. The normalized spacial score (nSPS) is 11.8. The number of rotatable bonds is 11. The summed E-state index contributed by atoms with van der Waals surface area (Å²) in [6.45, 7) is 1.83. The van der Waals surface area contributed by atoms with Gasteiger partial charge >= 0.3 is 0 Å². The summed E-state index contributed by atoms with van der Waals surface area (Å²) < 4.78 is 5.30. The smallest absolute Gasteiger partial charge is 0.272 e. The van der Waals surface area contributed by atoms with Gasteiger partial charge < -0.3 is 20.7 Å². The molecule has 1 atom stereocenters. The highest BCUT2D eigenvalue weighted by atomic mass is 32.2. The average Bonchev–Trinajstić information content (AvgIpc) is 3.61. The van der Waals surface area contributed by atoms with Crippen LogP contribution in [0.15, 0.2) is 137 Å². The zero-order valence-corrected chi connectivity index (χ0v) is 28.3. The van der Waals surface area contributed by atoms with Crippen LogP contribution < -0.4 is 20.7 Å². The molecule has 8 nitrogen and oxygen atoms in total. The monoisotopic (exact) mass is 684 g/mol. The van der Waals surface area contributed by atoms with Gasteiger partial charge in [0.2, 0.25) is 5.91 Å². The van der Waals surface area contributed by atoms with E-state index in [9.17, 15) is 14.4 Å². The van der Waals surface area contributed by atoms with E-state index in [1.807, 2.05) is 97.2 Å². The second kappa shape index (κ2) is 15.5. The van der Waals surface area contributed by atoms with Crippen molar-refractivity contribution in [3.63, 3.8) is 0 Å². The number of hydrogen-bond donors (Lipinski definition) is 3. The van der Waals surface area contributed by atoms with E-state index in [0.717, 1.165) is 38.2 Å². The van der Waals surface area contributed by atoms with Crippen LogP contribution in [0, 0.1) is 0 Å². The minimum absolute atomic E-state index is 0.102. The van der Waals surface area contributed by atoms with Gasteiger partial charge in [-0.25, -0.2) is 4.98 Å². The van der Waals surface area contributed by atoms with Crippen molar-refractivity contribution in [1.82, 2.24) is 10.3 Å². The van der Waals surface area contributed by atoms with Crippen LogP contribution in [0.25, 0.3) is 28.1 Å². The van der Waals surface area contributed by atoms with E-state index in [-0.39, 0.29) is 11.6 Å². The third kappa shape index (κ3) is 8.42. The third-order valence-corrected chi connectivity index (χ3v) is 9.42. The van der Waals surface area contributed by atoms with Crippen LogP contribution in [-0.2, 0) is 9.59 Å². The molecule has 0 saturated carbocycles. The van der Waals surface area contributed by atoms with Crippen LogP contribution in [0.3, 0.4) is 0 Å². The number of methoxy groups -OCH3 is 1. The van der Waals surface area contributed by atoms with Gasteiger partial charge in [0.25, 0.3) is 11.8 Å². The molecular formula is C39H32N4O4S2. The lowest BCUT2D eigenvalue weighted by Gasteiger charge is -2.13. The molecule has 1 aromatic heterocycles. The predicted octanol–water partition coefficient (Wildman–Crippen LogP) is 8.50. The Morgan fingerprint density at radius 2 is 1.57 bits per heavy atom. The Hall–Kier alpha value is -5.71. The summed E-state index contributed by atoms with van der Waals surface area (Å²) in [6.07, 6.45) is 1.69. The van der Waals surface area contributed by atoms with Gasteiger partial charge in [0.1, 0.15) is 11.4 Å². The number of amides is 3. The number of aromatic nitrogens is 1. The number of anilines is 2. The summed E-state index contributed by atoms with van der Waals surface area (Å²) >= 11 is 2.75. The first-order chi connectivity index (χ1) is 23.9. The van der Waals surface area contributed by atoms with Gasteiger partial charge in [-0.15, -0.1) is 23.1 Å². The predicted molar refractivity (Wildman–Crippen MR) is 199 cm³/mol. The Morgan fingerprint density at radius 3 is 2.37 bits per heavy atom. The Bertz CT molecular complexity index is 2140. The molecule has 0 aliphatic rings. The van der Waals surface area contributed by atoms with E-state index >= 15 is 0 Å². The molecule has 0 saturated heterocycles. The number of thioether (sulfide) groups is 1. The summed E-state index contributed by atoms with van der Waals surface area (Å²) in [5.74, 6) is -0.303. The van der Waals surface area contributed by atoms with Crippen LogP contribution in [0.1, 0.15) is 22.8 Å². The van der Waals surface area contributed by atoms with Crippen molar-refractivity contribution in [1.29, 1.82) is 0 Å². The van der Waals surface area contributed by atoms with Crippen LogP contribution in [0.4, 0.5) is 10.8 Å². The summed E-state index contributed by atoms with van der Waals surface area (Å²) in [5, 5.41) is 12.6. The summed E-state index contributed by atoms with van der Waals surface area (Å²) in [7, 11) is 1.62. The van der Waals surface area contributed by atoms with Crippen molar-refractivity contribution >= 4 is 68.5 Å². The Kier molecular flexibility index (Phi) is 10.5. The lowest BCUT2D eigenvalue weighted by Crippen LogP contribution is -2.30. The summed E-state index contributed by atoms with van der Waals surface area (Å²) in [5.41, 5.74) is 3.53. The molecule has 0 spiro atoms. The van der Waals surface area contributed by atoms with Crippen LogP contribution in [0.5, 0.6) is 5.75 Å². The molecule has 0 radical (unpaired) electrons.